The highest BCUT2D eigenvalue weighted by Gasteiger charge is 2.35. The number of phenols is 1. The summed E-state index contributed by atoms with van der Waals surface area (Å²) in [5.41, 5.74) is -1.12. The van der Waals surface area contributed by atoms with Crippen LogP contribution in [-0.2, 0) is 0 Å². The molecule has 0 fully saturated rings. The Balaban J connectivity index is 3.18. The van der Waals surface area contributed by atoms with Gasteiger partial charge in [-0.2, -0.15) is 0 Å². The molecule has 0 radical (unpaired) electrons. The molecule has 1 aromatic rings. The number of alkyl halides is 3. The Morgan fingerprint density at radius 3 is 2.47 bits per heavy atom. The van der Waals surface area contributed by atoms with Gasteiger partial charge in [-0.15, -0.1) is 13.2 Å². The number of nitro benzene ring substituents is 1. The molecule has 15 heavy (non-hydrogen) atoms. The van der Waals surface area contributed by atoms with Crippen molar-refractivity contribution in [2.45, 2.75) is 6.36 Å². The average molecular weight is 223 g/mol. The van der Waals surface area contributed by atoms with E-state index in [9.17, 15) is 23.3 Å². The predicted molar refractivity (Wildman–Crippen MR) is 41.4 cm³/mol. The van der Waals surface area contributed by atoms with E-state index in [2.05, 4.69) is 4.74 Å². The van der Waals surface area contributed by atoms with Crippen LogP contribution in [0.25, 0.3) is 0 Å². The van der Waals surface area contributed by atoms with Gasteiger partial charge in [-0.3, -0.25) is 10.1 Å². The molecule has 1 rings (SSSR count). The van der Waals surface area contributed by atoms with Crippen LogP contribution in [0, 0.1) is 10.1 Å². The molecule has 0 heterocycles. The fraction of sp³-hybridized carbons (Fsp3) is 0.143. The van der Waals surface area contributed by atoms with Gasteiger partial charge in [0.05, 0.1) is 4.92 Å². The second-order valence-electron chi connectivity index (χ2n) is 2.43. The number of phenolic OH excluding ortho intramolecular Hbond substituents is 1. The molecule has 1 N–H and O–H groups in total. The van der Waals surface area contributed by atoms with Crippen LogP contribution in [0.2, 0.25) is 0 Å². The maximum atomic E-state index is 11.8. The van der Waals surface area contributed by atoms with Crippen molar-refractivity contribution in [3.8, 4) is 11.5 Å². The second kappa shape index (κ2) is 3.64. The maximum Gasteiger partial charge on any atom is 0.573 e. The van der Waals surface area contributed by atoms with Gasteiger partial charge in [0.1, 0.15) is 0 Å². The molecule has 0 atom stereocenters. The molecule has 0 unspecified atom stereocenters. The van der Waals surface area contributed by atoms with E-state index in [1.165, 1.54) is 0 Å². The van der Waals surface area contributed by atoms with Gasteiger partial charge in [0.25, 0.3) is 0 Å². The number of hydrogen-bond donors (Lipinski definition) is 1. The van der Waals surface area contributed by atoms with Gasteiger partial charge >= 0.3 is 12.0 Å². The first-order chi connectivity index (χ1) is 6.81. The number of nitro groups is 1. The van der Waals surface area contributed by atoms with E-state index < -0.39 is 28.5 Å². The number of benzene rings is 1. The Morgan fingerprint density at radius 2 is 2.00 bits per heavy atom. The van der Waals surface area contributed by atoms with Gasteiger partial charge in [0.2, 0.25) is 5.75 Å². The van der Waals surface area contributed by atoms with Crippen molar-refractivity contribution >= 4 is 5.69 Å². The topological polar surface area (TPSA) is 72.6 Å². The Morgan fingerprint density at radius 1 is 1.40 bits per heavy atom. The highest BCUT2D eigenvalue weighted by molar-refractivity contribution is 5.56. The maximum absolute atomic E-state index is 11.8. The van der Waals surface area contributed by atoms with E-state index >= 15 is 0 Å². The van der Waals surface area contributed by atoms with Crippen molar-refractivity contribution in [3.05, 3.63) is 28.3 Å². The van der Waals surface area contributed by atoms with E-state index in [0.29, 0.717) is 0 Å². The van der Waals surface area contributed by atoms with Crippen molar-refractivity contribution in [2.24, 2.45) is 0 Å². The molecule has 0 amide bonds. The molecule has 0 saturated carbocycles. The predicted octanol–water partition coefficient (Wildman–Crippen LogP) is 2.20. The zero-order valence-electron chi connectivity index (χ0n) is 6.99. The largest absolute Gasteiger partial charge is 0.573 e. The molecule has 5 nitrogen and oxygen atoms in total. The van der Waals surface area contributed by atoms with E-state index in [4.69, 9.17) is 5.11 Å². The minimum atomic E-state index is -5.04. The Labute approximate surface area is 80.9 Å². The molecule has 0 aliphatic carbocycles. The standard InChI is InChI=1S/C7H4F3NO4/c8-7(9,10)15-5-3-1-2-4(12)6(5)11(13)14/h1-3,12H. The normalized spacial score (nSPS) is 11.1. The summed E-state index contributed by atoms with van der Waals surface area (Å²) in [7, 11) is 0. The number of nitrogens with zero attached hydrogens (tertiary/aromatic N) is 1. The van der Waals surface area contributed by atoms with E-state index in [-0.39, 0.29) is 0 Å². The molecule has 0 aliphatic heterocycles. The van der Waals surface area contributed by atoms with Crippen LogP contribution in [0.15, 0.2) is 18.2 Å². The van der Waals surface area contributed by atoms with Crippen LogP contribution in [0.5, 0.6) is 11.5 Å². The summed E-state index contributed by atoms with van der Waals surface area (Å²) in [4.78, 5) is 9.17. The number of hydrogen-bond acceptors (Lipinski definition) is 4. The Kier molecular flexibility index (Phi) is 2.69. The molecule has 8 heteroatoms. The summed E-state index contributed by atoms with van der Waals surface area (Å²) in [5.74, 6) is -1.94. The quantitative estimate of drug-likeness (QED) is 0.616. The average Bonchev–Trinajstić information content (AvgIpc) is 1.99. The summed E-state index contributed by atoms with van der Waals surface area (Å²) in [5, 5.41) is 19.3. The van der Waals surface area contributed by atoms with Crippen LogP contribution in [-0.4, -0.2) is 16.4 Å². The second-order valence-corrected chi connectivity index (χ2v) is 2.43. The van der Waals surface area contributed by atoms with Crippen molar-refractivity contribution in [3.63, 3.8) is 0 Å². The summed E-state index contributed by atoms with van der Waals surface area (Å²) in [6.45, 7) is 0. The molecule has 82 valence electrons. The number of rotatable bonds is 2. The molecular formula is C7H4F3NO4. The Bertz CT molecular complexity index is 390. The first-order valence-corrected chi connectivity index (χ1v) is 3.53. The number of para-hydroxylation sites is 1. The van der Waals surface area contributed by atoms with Gasteiger partial charge in [-0.1, -0.05) is 6.07 Å². The first kappa shape index (κ1) is 11.1. The third-order valence-corrected chi connectivity index (χ3v) is 1.39. The molecule has 0 spiro atoms. The van der Waals surface area contributed by atoms with Crippen LogP contribution >= 0.6 is 0 Å². The monoisotopic (exact) mass is 223 g/mol. The van der Waals surface area contributed by atoms with Crippen molar-refractivity contribution < 1.29 is 27.9 Å². The molecule has 0 aromatic heterocycles. The zero-order chi connectivity index (χ0) is 11.6. The van der Waals surface area contributed by atoms with Gasteiger partial charge in [0.15, 0.2) is 5.75 Å². The van der Waals surface area contributed by atoms with Crippen LogP contribution < -0.4 is 4.74 Å². The fourth-order valence-corrected chi connectivity index (χ4v) is 0.901. The van der Waals surface area contributed by atoms with Crippen molar-refractivity contribution in [1.82, 2.24) is 0 Å². The summed E-state index contributed by atoms with van der Waals surface area (Å²) in [6.07, 6.45) is -5.04. The Hall–Kier alpha value is -1.99. The van der Waals surface area contributed by atoms with E-state index in [1.807, 2.05) is 0 Å². The van der Waals surface area contributed by atoms with Crippen LogP contribution in [0.1, 0.15) is 0 Å². The number of ether oxygens (including phenoxy) is 1. The lowest BCUT2D eigenvalue weighted by Crippen LogP contribution is -2.17. The van der Waals surface area contributed by atoms with E-state index in [0.717, 1.165) is 18.2 Å². The van der Waals surface area contributed by atoms with Crippen molar-refractivity contribution in [1.29, 1.82) is 0 Å². The lowest BCUT2D eigenvalue weighted by atomic mass is 10.3. The van der Waals surface area contributed by atoms with Gasteiger partial charge in [-0.25, -0.2) is 0 Å². The summed E-state index contributed by atoms with van der Waals surface area (Å²) in [6, 6.07) is 2.64. The molecule has 0 aliphatic rings. The molecule has 1 aromatic carbocycles. The third-order valence-electron chi connectivity index (χ3n) is 1.39. The van der Waals surface area contributed by atoms with Crippen LogP contribution in [0.3, 0.4) is 0 Å². The molecular weight excluding hydrogens is 219 g/mol. The first-order valence-electron chi connectivity index (χ1n) is 3.53. The molecule has 0 saturated heterocycles. The smallest absolute Gasteiger partial charge is 0.502 e. The fourth-order valence-electron chi connectivity index (χ4n) is 0.901. The molecule has 0 bridgehead atoms. The van der Waals surface area contributed by atoms with Crippen LogP contribution in [0.4, 0.5) is 18.9 Å². The minimum Gasteiger partial charge on any atom is -0.502 e. The number of aromatic hydroxyl groups is 1. The lowest BCUT2D eigenvalue weighted by molar-refractivity contribution is -0.389. The third kappa shape index (κ3) is 2.73. The number of halogens is 3. The van der Waals surface area contributed by atoms with Gasteiger partial charge < -0.3 is 9.84 Å². The summed E-state index contributed by atoms with van der Waals surface area (Å²) >= 11 is 0. The highest BCUT2D eigenvalue weighted by Crippen LogP contribution is 2.38. The minimum absolute atomic E-state index is 0.741. The van der Waals surface area contributed by atoms with Gasteiger partial charge in [-0.05, 0) is 12.1 Å². The van der Waals surface area contributed by atoms with Crippen molar-refractivity contribution in [2.75, 3.05) is 0 Å². The SMILES string of the molecule is O=[N+]([O-])c1c(O)cccc1OC(F)(F)F. The zero-order valence-corrected chi connectivity index (χ0v) is 6.99. The highest BCUT2D eigenvalue weighted by atomic mass is 19.4. The van der Waals surface area contributed by atoms with Gasteiger partial charge in [0, 0.05) is 0 Å². The summed E-state index contributed by atoms with van der Waals surface area (Å²) < 4.78 is 38.7. The van der Waals surface area contributed by atoms with E-state index in [1.54, 1.807) is 0 Å². The lowest BCUT2D eigenvalue weighted by Gasteiger charge is -2.08.